The first-order chi connectivity index (χ1) is 16.0. The van der Waals surface area contributed by atoms with Crippen LogP contribution in [0.25, 0.3) is 10.9 Å². The van der Waals surface area contributed by atoms with Crippen molar-refractivity contribution in [2.24, 2.45) is 0 Å². The summed E-state index contributed by atoms with van der Waals surface area (Å²) in [7, 11) is 0. The van der Waals surface area contributed by atoms with E-state index < -0.39 is 5.67 Å². The molecule has 3 aromatic rings. The van der Waals surface area contributed by atoms with Crippen LogP contribution in [-0.4, -0.2) is 46.0 Å². The lowest BCUT2D eigenvalue weighted by molar-refractivity contribution is 0.0970. The predicted octanol–water partition coefficient (Wildman–Crippen LogP) is 5.76. The predicted molar refractivity (Wildman–Crippen MR) is 130 cm³/mol. The zero-order chi connectivity index (χ0) is 22.6. The largest absolute Gasteiger partial charge is 0.493 e. The van der Waals surface area contributed by atoms with Gasteiger partial charge in [0.15, 0.2) is 0 Å². The molecular formula is C27H33FN4O. The number of benzene rings is 2. The molecule has 33 heavy (non-hydrogen) atoms. The Bertz CT molecular complexity index is 1170. The third-order valence-electron chi connectivity index (χ3n) is 7.81. The van der Waals surface area contributed by atoms with Gasteiger partial charge in [-0.15, -0.1) is 0 Å². The monoisotopic (exact) mass is 448 g/mol. The second-order valence-corrected chi connectivity index (χ2v) is 10.2. The van der Waals surface area contributed by atoms with Crippen molar-refractivity contribution < 1.29 is 9.13 Å². The fraction of sp³-hybridized carbons (Fsp3) is 0.519. The van der Waals surface area contributed by atoms with E-state index in [0.29, 0.717) is 32.0 Å². The minimum atomic E-state index is -1.05. The second kappa shape index (κ2) is 8.01. The molecule has 174 valence electrons. The van der Waals surface area contributed by atoms with E-state index in [1.807, 2.05) is 13.1 Å². The van der Waals surface area contributed by atoms with Gasteiger partial charge in [-0.05, 0) is 75.6 Å². The van der Waals surface area contributed by atoms with E-state index in [-0.39, 0.29) is 12.1 Å². The summed E-state index contributed by atoms with van der Waals surface area (Å²) in [6.07, 6.45) is 7.91. The number of hydrogen-bond acceptors (Lipinski definition) is 4. The van der Waals surface area contributed by atoms with Gasteiger partial charge in [0, 0.05) is 41.3 Å². The van der Waals surface area contributed by atoms with Gasteiger partial charge >= 0.3 is 0 Å². The highest BCUT2D eigenvalue weighted by atomic mass is 19.1. The van der Waals surface area contributed by atoms with Crippen LogP contribution in [0.2, 0.25) is 0 Å². The number of anilines is 1. The van der Waals surface area contributed by atoms with Crippen molar-refractivity contribution in [3.05, 3.63) is 53.2 Å². The van der Waals surface area contributed by atoms with E-state index in [0.717, 1.165) is 28.9 Å². The summed E-state index contributed by atoms with van der Waals surface area (Å²) in [6, 6.07) is 11.6. The molecule has 2 aromatic carbocycles. The third-order valence-corrected chi connectivity index (χ3v) is 7.81. The lowest BCUT2D eigenvalue weighted by Crippen LogP contribution is -2.46. The van der Waals surface area contributed by atoms with Crippen LogP contribution >= 0.6 is 0 Å². The highest BCUT2D eigenvalue weighted by Gasteiger charge is 2.48. The summed E-state index contributed by atoms with van der Waals surface area (Å²) in [5, 5.41) is 12.2. The average molecular weight is 449 g/mol. The van der Waals surface area contributed by atoms with Crippen LogP contribution in [0, 0.1) is 0 Å². The fourth-order valence-corrected chi connectivity index (χ4v) is 5.56. The molecule has 3 aliphatic rings. The van der Waals surface area contributed by atoms with Crippen LogP contribution in [0.5, 0.6) is 5.75 Å². The number of fused-ring (bicyclic) bond motifs is 3. The maximum absolute atomic E-state index is 15.1. The van der Waals surface area contributed by atoms with Crippen molar-refractivity contribution in [1.82, 2.24) is 15.1 Å². The van der Waals surface area contributed by atoms with Crippen LogP contribution in [0.15, 0.2) is 36.5 Å². The normalized spacial score (nSPS) is 24.3. The zero-order valence-corrected chi connectivity index (χ0v) is 19.5. The number of hydrogen-bond donors (Lipinski definition) is 2. The summed E-state index contributed by atoms with van der Waals surface area (Å²) >= 11 is 0. The van der Waals surface area contributed by atoms with Gasteiger partial charge in [-0.25, -0.2) is 4.39 Å². The maximum atomic E-state index is 15.1. The van der Waals surface area contributed by atoms with Crippen LogP contribution in [0.4, 0.5) is 10.1 Å². The molecule has 6 rings (SSSR count). The molecule has 1 aliphatic heterocycles. The van der Waals surface area contributed by atoms with Crippen LogP contribution in [-0.2, 0) is 6.42 Å². The Kier molecular flexibility index (Phi) is 5.09. The first-order valence-electron chi connectivity index (χ1n) is 12.5. The standard InChI is InChI=1S/C27H33FN4O/c1-3-33-25-14-19(30-18-5-4-6-18)7-8-21(25)26-20-9-10-24-23(15-29-31-24)22(20)13-17(2)32(26)16-27(28)11-12-27/h7-10,14-15,17-18,26,30H,3-6,11-13,16H2,1-2H3,(H,29,31)/t17-,26+/m1/s1. The molecule has 2 heterocycles. The molecule has 1 aromatic heterocycles. The summed E-state index contributed by atoms with van der Waals surface area (Å²) < 4.78 is 21.3. The van der Waals surface area contributed by atoms with Crippen molar-refractivity contribution >= 4 is 16.6 Å². The molecule has 0 amide bonds. The number of nitrogens with zero attached hydrogens (tertiary/aromatic N) is 2. The summed E-state index contributed by atoms with van der Waals surface area (Å²) in [4.78, 5) is 2.37. The molecule has 2 aliphatic carbocycles. The van der Waals surface area contributed by atoms with Gasteiger partial charge in [0.1, 0.15) is 11.4 Å². The Hall–Kier alpha value is -2.60. The zero-order valence-electron chi connectivity index (χ0n) is 19.5. The van der Waals surface area contributed by atoms with Gasteiger partial charge < -0.3 is 10.1 Å². The van der Waals surface area contributed by atoms with Crippen molar-refractivity contribution in [1.29, 1.82) is 0 Å². The number of nitrogens with one attached hydrogen (secondary N) is 2. The first-order valence-corrected chi connectivity index (χ1v) is 12.5. The van der Waals surface area contributed by atoms with E-state index in [1.54, 1.807) is 0 Å². The Morgan fingerprint density at radius 1 is 1.21 bits per heavy atom. The van der Waals surface area contributed by atoms with Crippen molar-refractivity contribution in [2.75, 3.05) is 18.5 Å². The molecule has 0 saturated heterocycles. The van der Waals surface area contributed by atoms with Crippen molar-refractivity contribution in [3.63, 3.8) is 0 Å². The topological polar surface area (TPSA) is 53.2 Å². The summed E-state index contributed by atoms with van der Waals surface area (Å²) in [5.41, 5.74) is 4.79. The number of aromatic nitrogens is 2. The molecule has 2 fully saturated rings. The number of aromatic amines is 1. The van der Waals surface area contributed by atoms with Gasteiger partial charge in [-0.1, -0.05) is 12.1 Å². The molecule has 0 unspecified atom stereocenters. The Morgan fingerprint density at radius 3 is 2.76 bits per heavy atom. The second-order valence-electron chi connectivity index (χ2n) is 10.2. The Labute approximate surface area is 194 Å². The van der Waals surface area contributed by atoms with E-state index in [2.05, 4.69) is 57.7 Å². The lowest BCUT2D eigenvalue weighted by Gasteiger charge is -2.43. The van der Waals surface area contributed by atoms with Crippen LogP contribution < -0.4 is 10.1 Å². The minimum absolute atomic E-state index is 0.0458. The van der Waals surface area contributed by atoms with Gasteiger partial charge in [0.25, 0.3) is 0 Å². The molecule has 2 N–H and O–H groups in total. The number of ether oxygens (including phenoxy) is 1. The van der Waals surface area contributed by atoms with Crippen molar-refractivity contribution in [3.8, 4) is 5.75 Å². The van der Waals surface area contributed by atoms with E-state index >= 15 is 4.39 Å². The van der Waals surface area contributed by atoms with E-state index in [9.17, 15) is 0 Å². The number of alkyl halides is 1. The van der Waals surface area contributed by atoms with Crippen LogP contribution in [0.1, 0.15) is 68.7 Å². The average Bonchev–Trinajstić information content (AvgIpc) is 3.29. The number of H-pyrrole nitrogens is 1. The van der Waals surface area contributed by atoms with Crippen molar-refractivity contribution in [2.45, 2.75) is 76.2 Å². The number of rotatable bonds is 7. The fourth-order valence-electron chi connectivity index (χ4n) is 5.56. The van der Waals surface area contributed by atoms with Gasteiger partial charge in [-0.3, -0.25) is 10.00 Å². The highest BCUT2D eigenvalue weighted by molar-refractivity contribution is 5.83. The van der Waals surface area contributed by atoms with Gasteiger partial charge in [0.2, 0.25) is 0 Å². The maximum Gasteiger partial charge on any atom is 0.126 e. The minimum Gasteiger partial charge on any atom is -0.493 e. The third kappa shape index (κ3) is 3.78. The highest BCUT2D eigenvalue weighted by Crippen LogP contribution is 2.48. The summed E-state index contributed by atoms with van der Waals surface area (Å²) in [5.74, 6) is 0.896. The Balaban J connectivity index is 1.47. The molecule has 6 heteroatoms. The number of halogens is 1. The molecule has 0 spiro atoms. The Morgan fingerprint density at radius 2 is 2.03 bits per heavy atom. The lowest BCUT2D eigenvalue weighted by atomic mass is 9.83. The quantitative estimate of drug-likeness (QED) is 0.482. The SMILES string of the molecule is CCOc1cc(NC2CCC2)ccc1[C@@H]1c2ccc3[nH]ncc3c2C[C@@H](C)N1CC1(F)CC1. The molecule has 5 nitrogen and oxygen atoms in total. The molecule has 2 saturated carbocycles. The summed E-state index contributed by atoms with van der Waals surface area (Å²) in [6.45, 7) is 5.33. The molecular weight excluding hydrogens is 415 g/mol. The van der Waals surface area contributed by atoms with Gasteiger partial charge in [0.05, 0.1) is 24.4 Å². The smallest absolute Gasteiger partial charge is 0.126 e. The van der Waals surface area contributed by atoms with E-state index in [1.165, 1.54) is 35.8 Å². The first kappa shape index (κ1) is 21.0. The molecule has 0 bridgehead atoms. The van der Waals surface area contributed by atoms with Crippen LogP contribution in [0.3, 0.4) is 0 Å². The molecule has 2 atom stereocenters. The van der Waals surface area contributed by atoms with E-state index in [4.69, 9.17) is 4.74 Å². The van der Waals surface area contributed by atoms with Gasteiger partial charge in [-0.2, -0.15) is 5.10 Å². The molecule has 0 radical (unpaired) electrons.